The maximum Gasteiger partial charge on any atom is 0.321 e. The average Bonchev–Trinajstić information content (AvgIpc) is 2.34. The minimum Gasteiger partial charge on any atom is -0.267 e. The molecule has 2 N–H and O–H groups in total. The van der Waals surface area contributed by atoms with Gasteiger partial charge in [0.1, 0.15) is 0 Å². The summed E-state index contributed by atoms with van der Waals surface area (Å²) in [6.07, 6.45) is 0. The smallest absolute Gasteiger partial charge is 0.267 e. The first-order valence-electron chi connectivity index (χ1n) is 5.88. The number of hydrogen-bond acceptors (Lipinski definition) is 2. The molecule has 0 fully saturated rings. The molecule has 2 aromatic carbocycles. The Balaban J connectivity index is 2.10. The van der Waals surface area contributed by atoms with E-state index in [4.69, 9.17) is 0 Å². The molecule has 4 nitrogen and oxygen atoms in total. The SMILES string of the molecule is Cc1ccc(NS(=O)(=O)Nc2ccc(C)cc2)cc1. The summed E-state index contributed by atoms with van der Waals surface area (Å²) >= 11 is 0. The van der Waals surface area contributed by atoms with Crippen LogP contribution in [-0.4, -0.2) is 8.42 Å². The Morgan fingerprint density at radius 1 is 0.684 bits per heavy atom. The summed E-state index contributed by atoms with van der Waals surface area (Å²) in [5.41, 5.74) is 3.22. The first kappa shape index (κ1) is 13.4. The molecule has 0 aliphatic heterocycles. The summed E-state index contributed by atoms with van der Waals surface area (Å²) in [5.74, 6) is 0. The zero-order valence-electron chi connectivity index (χ0n) is 10.8. The minimum absolute atomic E-state index is 0.533. The second-order valence-electron chi connectivity index (χ2n) is 4.44. The second kappa shape index (κ2) is 5.32. The largest absolute Gasteiger partial charge is 0.321 e. The molecule has 19 heavy (non-hydrogen) atoms. The number of benzene rings is 2. The van der Waals surface area contributed by atoms with Crippen molar-refractivity contribution in [2.24, 2.45) is 0 Å². The van der Waals surface area contributed by atoms with E-state index in [0.29, 0.717) is 11.4 Å². The monoisotopic (exact) mass is 276 g/mol. The zero-order valence-corrected chi connectivity index (χ0v) is 11.7. The first-order chi connectivity index (χ1) is 8.94. The molecule has 100 valence electrons. The Labute approximate surface area is 113 Å². The Kier molecular flexibility index (Phi) is 3.76. The molecule has 0 amide bonds. The summed E-state index contributed by atoms with van der Waals surface area (Å²) in [5, 5.41) is 0. The standard InChI is InChI=1S/C14H16N2O2S/c1-11-3-7-13(8-4-11)15-19(17,18)16-14-9-5-12(2)6-10-14/h3-10,15-16H,1-2H3. The van der Waals surface area contributed by atoms with Crippen LogP contribution in [0.15, 0.2) is 48.5 Å². The Morgan fingerprint density at radius 2 is 1.00 bits per heavy atom. The van der Waals surface area contributed by atoms with Gasteiger partial charge in [-0.3, -0.25) is 9.44 Å². The third-order valence-electron chi connectivity index (χ3n) is 2.61. The molecule has 2 aromatic rings. The van der Waals surface area contributed by atoms with E-state index in [0.717, 1.165) is 11.1 Å². The predicted octanol–water partition coefficient (Wildman–Crippen LogP) is 3.07. The number of aryl methyl sites for hydroxylation is 2. The molecule has 0 aliphatic rings. The van der Waals surface area contributed by atoms with Crippen LogP contribution in [0.1, 0.15) is 11.1 Å². The van der Waals surface area contributed by atoms with Crippen LogP contribution in [0.4, 0.5) is 11.4 Å². The molecule has 0 aliphatic carbocycles. The van der Waals surface area contributed by atoms with Gasteiger partial charge in [-0.15, -0.1) is 0 Å². The van der Waals surface area contributed by atoms with Gasteiger partial charge in [0.15, 0.2) is 0 Å². The van der Waals surface area contributed by atoms with Crippen LogP contribution in [0.3, 0.4) is 0 Å². The molecule has 0 radical (unpaired) electrons. The normalized spacial score (nSPS) is 11.1. The van der Waals surface area contributed by atoms with Gasteiger partial charge in [-0.2, -0.15) is 8.42 Å². The van der Waals surface area contributed by atoms with Crippen molar-refractivity contribution in [1.82, 2.24) is 0 Å². The lowest BCUT2D eigenvalue weighted by molar-refractivity contribution is 0.606. The van der Waals surface area contributed by atoms with E-state index >= 15 is 0 Å². The average molecular weight is 276 g/mol. The summed E-state index contributed by atoms with van der Waals surface area (Å²) in [4.78, 5) is 0. The summed E-state index contributed by atoms with van der Waals surface area (Å²) in [6, 6.07) is 14.3. The molecular weight excluding hydrogens is 260 g/mol. The highest BCUT2D eigenvalue weighted by Crippen LogP contribution is 2.14. The van der Waals surface area contributed by atoms with Crippen LogP contribution < -0.4 is 9.44 Å². The van der Waals surface area contributed by atoms with Crippen molar-refractivity contribution >= 4 is 21.6 Å². The van der Waals surface area contributed by atoms with Gasteiger partial charge in [0, 0.05) is 0 Å². The fourth-order valence-electron chi connectivity index (χ4n) is 1.58. The van der Waals surface area contributed by atoms with Gasteiger partial charge in [-0.25, -0.2) is 0 Å². The lowest BCUT2D eigenvalue weighted by Crippen LogP contribution is -2.21. The summed E-state index contributed by atoms with van der Waals surface area (Å²) < 4.78 is 28.8. The van der Waals surface area contributed by atoms with Crippen LogP contribution in [0.2, 0.25) is 0 Å². The van der Waals surface area contributed by atoms with Crippen LogP contribution in [0.5, 0.6) is 0 Å². The van der Waals surface area contributed by atoms with Crippen molar-refractivity contribution < 1.29 is 8.42 Å². The Hall–Kier alpha value is -2.01. The van der Waals surface area contributed by atoms with E-state index in [2.05, 4.69) is 9.44 Å². The summed E-state index contributed by atoms with van der Waals surface area (Å²) in [6.45, 7) is 3.89. The minimum atomic E-state index is -3.61. The Bertz CT molecular complexity index is 593. The van der Waals surface area contributed by atoms with Gasteiger partial charge < -0.3 is 0 Å². The summed E-state index contributed by atoms with van der Waals surface area (Å²) in [7, 11) is -3.61. The maximum absolute atomic E-state index is 11.9. The maximum atomic E-state index is 11.9. The van der Waals surface area contributed by atoms with Crippen LogP contribution in [-0.2, 0) is 10.2 Å². The fourth-order valence-corrected chi connectivity index (χ4v) is 2.52. The van der Waals surface area contributed by atoms with E-state index in [9.17, 15) is 8.42 Å². The number of anilines is 2. The van der Waals surface area contributed by atoms with Crippen molar-refractivity contribution in [2.75, 3.05) is 9.44 Å². The molecule has 0 saturated carbocycles. The van der Waals surface area contributed by atoms with E-state index in [1.165, 1.54) is 0 Å². The van der Waals surface area contributed by atoms with E-state index < -0.39 is 10.2 Å². The van der Waals surface area contributed by atoms with Gasteiger partial charge in [0.2, 0.25) is 0 Å². The lowest BCUT2D eigenvalue weighted by Gasteiger charge is -2.10. The van der Waals surface area contributed by atoms with Crippen molar-refractivity contribution in [3.05, 3.63) is 59.7 Å². The molecule has 5 heteroatoms. The predicted molar refractivity (Wildman–Crippen MR) is 78.5 cm³/mol. The van der Waals surface area contributed by atoms with Gasteiger partial charge in [-0.1, -0.05) is 35.4 Å². The molecule has 0 bridgehead atoms. The number of rotatable bonds is 4. The third kappa shape index (κ3) is 3.99. The van der Waals surface area contributed by atoms with Crippen molar-refractivity contribution in [3.63, 3.8) is 0 Å². The van der Waals surface area contributed by atoms with Crippen LogP contribution in [0, 0.1) is 13.8 Å². The van der Waals surface area contributed by atoms with Crippen molar-refractivity contribution in [2.45, 2.75) is 13.8 Å². The second-order valence-corrected chi connectivity index (χ2v) is 5.85. The zero-order chi connectivity index (χ0) is 13.9. The Morgan fingerprint density at radius 3 is 1.32 bits per heavy atom. The molecular formula is C14H16N2O2S. The first-order valence-corrected chi connectivity index (χ1v) is 7.37. The fraction of sp³-hybridized carbons (Fsp3) is 0.143. The van der Waals surface area contributed by atoms with Crippen LogP contribution >= 0.6 is 0 Å². The highest BCUT2D eigenvalue weighted by molar-refractivity contribution is 7.94. The van der Waals surface area contributed by atoms with Crippen LogP contribution in [0.25, 0.3) is 0 Å². The lowest BCUT2D eigenvalue weighted by atomic mass is 10.2. The van der Waals surface area contributed by atoms with E-state index in [-0.39, 0.29) is 0 Å². The van der Waals surface area contributed by atoms with Gasteiger partial charge in [0.05, 0.1) is 11.4 Å². The molecule has 0 spiro atoms. The molecule has 0 aromatic heterocycles. The van der Waals surface area contributed by atoms with Crippen molar-refractivity contribution in [1.29, 1.82) is 0 Å². The van der Waals surface area contributed by atoms with Gasteiger partial charge in [-0.05, 0) is 38.1 Å². The molecule has 0 atom stereocenters. The van der Waals surface area contributed by atoms with Gasteiger partial charge >= 0.3 is 10.2 Å². The third-order valence-corrected chi connectivity index (χ3v) is 3.62. The molecule has 2 rings (SSSR count). The highest BCUT2D eigenvalue weighted by atomic mass is 32.2. The number of hydrogen-bond donors (Lipinski definition) is 2. The van der Waals surface area contributed by atoms with Crippen molar-refractivity contribution in [3.8, 4) is 0 Å². The quantitative estimate of drug-likeness (QED) is 0.901. The molecule has 0 heterocycles. The van der Waals surface area contributed by atoms with E-state index in [1.54, 1.807) is 24.3 Å². The van der Waals surface area contributed by atoms with E-state index in [1.807, 2.05) is 38.1 Å². The molecule has 0 saturated heterocycles. The molecule has 0 unspecified atom stereocenters. The highest BCUT2D eigenvalue weighted by Gasteiger charge is 2.09. The topological polar surface area (TPSA) is 58.2 Å². The number of nitrogens with one attached hydrogen (secondary N) is 2. The van der Waals surface area contributed by atoms with Gasteiger partial charge in [0.25, 0.3) is 0 Å².